The quantitative estimate of drug-likeness (QED) is 0.318. The first-order valence-corrected chi connectivity index (χ1v) is 13.7. The van der Waals surface area contributed by atoms with Gasteiger partial charge < -0.3 is 14.0 Å². The molecule has 0 aliphatic carbocycles. The Kier molecular flexibility index (Phi) is 7.96. The van der Waals surface area contributed by atoms with E-state index < -0.39 is 21.9 Å². The van der Waals surface area contributed by atoms with E-state index >= 15 is 0 Å². The van der Waals surface area contributed by atoms with E-state index in [9.17, 15) is 18.0 Å². The maximum atomic E-state index is 13.1. The van der Waals surface area contributed by atoms with E-state index in [4.69, 9.17) is 21.1 Å². The smallest absolute Gasteiger partial charge is 0.325 e. The number of sulfonamides is 1. The summed E-state index contributed by atoms with van der Waals surface area (Å²) in [5.41, 5.74) is 1.04. The van der Waals surface area contributed by atoms with Crippen molar-refractivity contribution < 1.29 is 27.5 Å². The van der Waals surface area contributed by atoms with Crippen molar-refractivity contribution in [1.82, 2.24) is 4.57 Å². The summed E-state index contributed by atoms with van der Waals surface area (Å²) in [5.74, 6) is -0.455. The lowest BCUT2D eigenvalue weighted by atomic mass is 10.2. The van der Waals surface area contributed by atoms with Crippen molar-refractivity contribution in [3.05, 3.63) is 82.1 Å². The number of nitrogens with zero attached hydrogens (tertiary/aromatic N) is 2. The second-order valence-corrected chi connectivity index (χ2v) is 10.8. The van der Waals surface area contributed by atoms with Gasteiger partial charge in [-0.05, 0) is 67.6 Å². The van der Waals surface area contributed by atoms with E-state index in [1.54, 1.807) is 22.8 Å². The molecule has 1 aromatic heterocycles. The third kappa shape index (κ3) is 6.19. The molecule has 4 rings (SSSR count). The largest absolute Gasteiger partial charge is 0.494 e. The first kappa shape index (κ1) is 26.4. The Hall–Kier alpha value is -3.67. The fourth-order valence-corrected chi connectivity index (χ4v) is 5.67. The van der Waals surface area contributed by atoms with Crippen molar-refractivity contribution in [2.45, 2.75) is 18.4 Å². The summed E-state index contributed by atoms with van der Waals surface area (Å²) >= 11 is 7.06. The molecule has 0 fully saturated rings. The molecule has 192 valence electrons. The second kappa shape index (κ2) is 11.2. The molecule has 0 bridgehead atoms. The fourth-order valence-electron chi connectivity index (χ4n) is 3.44. The van der Waals surface area contributed by atoms with Crippen LogP contribution in [-0.4, -0.2) is 38.6 Å². The molecule has 0 saturated heterocycles. The number of amides is 1. The summed E-state index contributed by atoms with van der Waals surface area (Å²) in [6.07, 6.45) is 0. The molecule has 4 aromatic rings. The van der Waals surface area contributed by atoms with Crippen LogP contribution in [0, 0.1) is 0 Å². The number of fused-ring (bicyclic) bond motifs is 1. The molecule has 0 unspecified atom stereocenters. The number of hydrogen-bond donors (Lipinski definition) is 1. The monoisotopic (exact) mass is 559 g/mol. The molecule has 3 aromatic carbocycles. The van der Waals surface area contributed by atoms with Crippen LogP contribution >= 0.6 is 22.9 Å². The van der Waals surface area contributed by atoms with Gasteiger partial charge in [-0.3, -0.25) is 14.3 Å². The number of carbonyl (C=O) groups excluding carboxylic acids is 2. The summed E-state index contributed by atoms with van der Waals surface area (Å²) in [7, 11) is -2.62. The number of carbonyl (C=O) groups is 2. The van der Waals surface area contributed by atoms with Crippen molar-refractivity contribution in [1.29, 1.82) is 0 Å². The number of thiazole rings is 1. The number of rotatable bonds is 8. The summed E-state index contributed by atoms with van der Waals surface area (Å²) in [4.78, 5) is 29.7. The average molecular weight is 560 g/mol. The maximum Gasteiger partial charge on any atom is 0.325 e. The van der Waals surface area contributed by atoms with Crippen LogP contribution in [-0.2, 0) is 26.1 Å². The lowest BCUT2D eigenvalue weighted by Gasteiger charge is -2.09. The number of aromatic nitrogens is 1. The first-order valence-electron chi connectivity index (χ1n) is 11.0. The van der Waals surface area contributed by atoms with Crippen LogP contribution in [0.5, 0.6) is 5.75 Å². The fraction of sp³-hybridized carbons (Fsp3) is 0.160. The number of nitrogens with one attached hydrogen (secondary N) is 1. The molecule has 0 radical (unpaired) electrons. The van der Waals surface area contributed by atoms with E-state index in [2.05, 4.69) is 9.71 Å². The number of methoxy groups -OCH3 is 1. The molecule has 0 aliphatic rings. The third-order valence-electron chi connectivity index (χ3n) is 5.16. The standard InChI is InChI=1S/C25H22ClN3O6S2/c1-3-35-19-9-12-21-22(14-19)36-25(29(21)15-23(30)34-2)27-24(31)16-5-4-6-18(13-16)28-37(32,33)20-10-7-17(26)8-11-20/h4-14,28H,3,15H2,1-2H3. The zero-order valence-corrected chi connectivity index (χ0v) is 22.2. The minimum atomic E-state index is -3.90. The number of anilines is 1. The topological polar surface area (TPSA) is 116 Å². The Morgan fingerprint density at radius 3 is 2.54 bits per heavy atom. The van der Waals surface area contributed by atoms with Gasteiger partial charge in [0.15, 0.2) is 4.80 Å². The van der Waals surface area contributed by atoms with Crippen LogP contribution in [0.25, 0.3) is 10.2 Å². The number of halogens is 1. The van der Waals surface area contributed by atoms with E-state index in [1.807, 2.05) is 13.0 Å². The Labute approximate surface area is 222 Å². The number of hydrogen-bond acceptors (Lipinski definition) is 7. The molecule has 0 saturated carbocycles. The van der Waals surface area contributed by atoms with Crippen molar-refractivity contribution in [3.63, 3.8) is 0 Å². The zero-order chi connectivity index (χ0) is 26.6. The van der Waals surface area contributed by atoms with Crippen LogP contribution in [0.4, 0.5) is 5.69 Å². The van der Waals surface area contributed by atoms with Gasteiger partial charge in [0, 0.05) is 16.3 Å². The van der Waals surface area contributed by atoms with E-state index in [-0.39, 0.29) is 27.5 Å². The van der Waals surface area contributed by atoms with Crippen molar-refractivity contribution in [3.8, 4) is 5.75 Å². The first-order chi connectivity index (χ1) is 17.7. The van der Waals surface area contributed by atoms with Gasteiger partial charge >= 0.3 is 5.97 Å². The average Bonchev–Trinajstić information content (AvgIpc) is 3.20. The highest BCUT2D eigenvalue weighted by Gasteiger charge is 2.16. The summed E-state index contributed by atoms with van der Waals surface area (Å²) in [5, 5.41) is 0.410. The molecule has 1 heterocycles. The Morgan fingerprint density at radius 2 is 1.84 bits per heavy atom. The van der Waals surface area contributed by atoms with Crippen LogP contribution < -0.4 is 14.3 Å². The molecular formula is C25H22ClN3O6S2. The van der Waals surface area contributed by atoms with Gasteiger partial charge in [0.1, 0.15) is 12.3 Å². The Bertz CT molecular complexity index is 1640. The number of esters is 1. The minimum absolute atomic E-state index is 0.0267. The molecule has 1 N–H and O–H groups in total. The van der Waals surface area contributed by atoms with E-state index in [0.717, 1.165) is 4.70 Å². The molecule has 9 nitrogen and oxygen atoms in total. The van der Waals surface area contributed by atoms with Gasteiger partial charge in [-0.2, -0.15) is 4.99 Å². The van der Waals surface area contributed by atoms with E-state index in [1.165, 1.54) is 60.9 Å². The highest BCUT2D eigenvalue weighted by Crippen LogP contribution is 2.24. The number of benzene rings is 3. The molecule has 0 atom stereocenters. The van der Waals surface area contributed by atoms with Crippen molar-refractivity contribution >= 4 is 60.7 Å². The molecule has 37 heavy (non-hydrogen) atoms. The molecular weight excluding hydrogens is 538 g/mol. The van der Waals surface area contributed by atoms with Gasteiger partial charge in [0.05, 0.1) is 28.8 Å². The summed E-state index contributed by atoms with van der Waals surface area (Å²) in [6, 6.07) is 17.1. The van der Waals surface area contributed by atoms with Gasteiger partial charge in [-0.1, -0.05) is 29.0 Å². The van der Waals surface area contributed by atoms with Crippen LogP contribution in [0.1, 0.15) is 17.3 Å². The number of ether oxygens (including phenoxy) is 2. The SMILES string of the molecule is CCOc1ccc2c(c1)sc(=NC(=O)c1cccc(NS(=O)(=O)c3ccc(Cl)cc3)c1)n2CC(=O)OC. The highest BCUT2D eigenvalue weighted by molar-refractivity contribution is 7.92. The second-order valence-electron chi connectivity index (χ2n) is 7.67. The van der Waals surface area contributed by atoms with Crippen LogP contribution in [0.3, 0.4) is 0 Å². The van der Waals surface area contributed by atoms with Crippen molar-refractivity contribution in [2.24, 2.45) is 4.99 Å². The summed E-state index contributed by atoms with van der Waals surface area (Å²) in [6.45, 7) is 2.23. The lowest BCUT2D eigenvalue weighted by Crippen LogP contribution is -2.22. The minimum Gasteiger partial charge on any atom is -0.494 e. The van der Waals surface area contributed by atoms with E-state index in [0.29, 0.717) is 22.9 Å². The molecule has 1 amide bonds. The van der Waals surface area contributed by atoms with Crippen LogP contribution in [0.2, 0.25) is 5.02 Å². The maximum absolute atomic E-state index is 13.1. The zero-order valence-electron chi connectivity index (χ0n) is 19.8. The Morgan fingerprint density at radius 1 is 1.08 bits per heavy atom. The van der Waals surface area contributed by atoms with Crippen molar-refractivity contribution in [2.75, 3.05) is 18.4 Å². The predicted molar refractivity (Wildman–Crippen MR) is 142 cm³/mol. The van der Waals surface area contributed by atoms with Gasteiger partial charge in [0.25, 0.3) is 15.9 Å². The van der Waals surface area contributed by atoms with Crippen LogP contribution in [0.15, 0.2) is 76.6 Å². The predicted octanol–water partition coefficient (Wildman–Crippen LogP) is 4.47. The molecule has 0 aliphatic heterocycles. The van der Waals surface area contributed by atoms with Gasteiger partial charge in [0.2, 0.25) is 0 Å². The Balaban J connectivity index is 1.69. The lowest BCUT2D eigenvalue weighted by molar-refractivity contribution is -0.141. The molecule has 12 heteroatoms. The highest BCUT2D eigenvalue weighted by atomic mass is 35.5. The van der Waals surface area contributed by atoms with Gasteiger partial charge in [-0.15, -0.1) is 0 Å². The third-order valence-corrected chi connectivity index (χ3v) is 7.85. The normalized spacial score (nSPS) is 11.9. The van der Waals surface area contributed by atoms with Gasteiger partial charge in [-0.25, -0.2) is 8.42 Å². The summed E-state index contributed by atoms with van der Waals surface area (Å²) < 4.78 is 40.6. The molecule has 0 spiro atoms.